The monoisotopic (exact) mass is 436 g/mol. The lowest BCUT2D eigenvalue weighted by Crippen LogP contribution is -2.27. The normalized spacial score (nSPS) is 11.6. The van der Waals surface area contributed by atoms with Crippen LogP contribution in [0, 0.1) is 0 Å². The molecule has 1 aromatic heterocycles. The number of amides is 1. The molecule has 0 radical (unpaired) electrons. The second kappa shape index (κ2) is 9.54. The summed E-state index contributed by atoms with van der Waals surface area (Å²) in [5, 5.41) is 3.49. The maximum absolute atomic E-state index is 13.1. The SMILES string of the molecule is CSc1ccc(CC(=O)NCCSc2cc(C(F)(F)F)nc3ccccc23)cc1. The zero-order valence-corrected chi connectivity index (χ0v) is 17.3. The lowest BCUT2D eigenvalue weighted by Gasteiger charge is -2.12. The van der Waals surface area contributed by atoms with Crippen LogP contribution in [-0.4, -0.2) is 29.4 Å². The van der Waals surface area contributed by atoms with E-state index in [9.17, 15) is 18.0 Å². The molecule has 0 aliphatic carbocycles. The molecular weight excluding hydrogens is 417 g/mol. The summed E-state index contributed by atoms with van der Waals surface area (Å²) in [6.45, 7) is 0.365. The Morgan fingerprint density at radius 1 is 1.10 bits per heavy atom. The van der Waals surface area contributed by atoms with Crippen LogP contribution in [0.1, 0.15) is 11.3 Å². The van der Waals surface area contributed by atoms with Gasteiger partial charge in [-0.1, -0.05) is 30.3 Å². The smallest absolute Gasteiger partial charge is 0.355 e. The number of hydrogen-bond donors (Lipinski definition) is 1. The predicted octanol–water partition coefficient (Wildman–Crippen LogP) is 5.43. The molecule has 0 fully saturated rings. The van der Waals surface area contributed by atoms with Crippen molar-refractivity contribution in [3.05, 3.63) is 65.9 Å². The topological polar surface area (TPSA) is 42.0 Å². The number of carbonyl (C=O) groups is 1. The molecule has 0 bridgehead atoms. The Hall–Kier alpha value is -2.19. The molecule has 8 heteroatoms. The number of thioether (sulfide) groups is 2. The Labute approximate surface area is 175 Å². The summed E-state index contributed by atoms with van der Waals surface area (Å²) in [7, 11) is 0. The summed E-state index contributed by atoms with van der Waals surface area (Å²) >= 11 is 2.91. The summed E-state index contributed by atoms with van der Waals surface area (Å²) < 4.78 is 39.3. The number of rotatable bonds is 7. The van der Waals surface area contributed by atoms with Crippen molar-refractivity contribution in [1.29, 1.82) is 0 Å². The predicted molar refractivity (Wildman–Crippen MR) is 112 cm³/mol. The van der Waals surface area contributed by atoms with E-state index in [1.807, 2.05) is 30.5 Å². The number of halogens is 3. The van der Waals surface area contributed by atoms with Gasteiger partial charge in [-0.3, -0.25) is 4.79 Å². The van der Waals surface area contributed by atoms with Gasteiger partial charge in [0.2, 0.25) is 5.91 Å². The minimum atomic E-state index is -4.50. The van der Waals surface area contributed by atoms with Gasteiger partial charge in [0.05, 0.1) is 11.9 Å². The molecule has 1 N–H and O–H groups in total. The van der Waals surface area contributed by atoms with E-state index in [-0.39, 0.29) is 12.3 Å². The Kier molecular flexibility index (Phi) is 7.08. The lowest BCUT2D eigenvalue weighted by molar-refractivity contribution is -0.141. The number of fused-ring (bicyclic) bond motifs is 1. The molecule has 3 aromatic rings. The van der Waals surface area contributed by atoms with Crippen molar-refractivity contribution in [2.24, 2.45) is 0 Å². The highest BCUT2D eigenvalue weighted by atomic mass is 32.2. The average Bonchev–Trinajstić information content (AvgIpc) is 2.71. The van der Waals surface area contributed by atoms with Crippen LogP contribution in [0.25, 0.3) is 10.9 Å². The highest BCUT2D eigenvalue weighted by molar-refractivity contribution is 7.99. The zero-order chi connectivity index (χ0) is 20.9. The van der Waals surface area contributed by atoms with Crippen LogP contribution in [0.4, 0.5) is 13.2 Å². The molecule has 0 aliphatic rings. The number of benzene rings is 2. The van der Waals surface area contributed by atoms with Crippen LogP contribution >= 0.6 is 23.5 Å². The maximum atomic E-state index is 13.1. The van der Waals surface area contributed by atoms with Crippen LogP contribution in [0.5, 0.6) is 0 Å². The Morgan fingerprint density at radius 3 is 2.52 bits per heavy atom. The standard InChI is InChI=1S/C21H19F3N2OS2/c1-28-15-8-6-14(7-9-15)12-20(27)25-10-11-29-18-13-19(21(22,23)24)26-17-5-3-2-4-16(17)18/h2-9,13H,10-12H2,1H3,(H,25,27). The van der Waals surface area contributed by atoms with Crippen molar-refractivity contribution >= 4 is 40.3 Å². The molecule has 152 valence electrons. The third-order valence-electron chi connectivity index (χ3n) is 4.17. The fourth-order valence-electron chi connectivity index (χ4n) is 2.75. The minimum absolute atomic E-state index is 0.113. The van der Waals surface area contributed by atoms with E-state index >= 15 is 0 Å². The van der Waals surface area contributed by atoms with Crippen molar-refractivity contribution < 1.29 is 18.0 Å². The van der Waals surface area contributed by atoms with Gasteiger partial charge in [0.15, 0.2) is 0 Å². The Balaban J connectivity index is 1.58. The molecule has 0 saturated heterocycles. The summed E-state index contributed by atoms with van der Waals surface area (Å²) in [5.74, 6) is 0.348. The van der Waals surface area contributed by atoms with Gasteiger partial charge in [0.25, 0.3) is 0 Å². The quantitative estimate of drug-likeness (QED) is 0.396. The minimum Gasteiger partial charge on any atom is -0.355 e. The van der Waals surface area contributed by atoms with Crippen molar-refractivity contribution in [3.8, 4) is 0 Å². The van der Waals surface area contributed by atoms with E-state index in [1.165, 1.54) is 11.8 Å². The van der Waals surface area contributed by atoms with Gasteiger partial charge in [-0.05, 0) is 36.1 Å². The highest BCUT2D eigenvalue weighted by Gasteiger charge is 2.33. The van der Waals surface area contributed by atoms with Gasteiger partial charge in [-0.25, -0.2) is 4.98 Å². The first-order valence-electron chi connectivity index (χ1n) is 8.86. The number of aromatic nitrogens is 1. The van der Waals surface area contributed by atoms with E-state index in [4.69, 9.17) is 0 Å². The molecule has 0 spiro atoms. The van der Waals surface area contributed by atoms with Crippen molar-refractivity contribution in [1.82, 2.24) is 10.3 Å². The van der Waals surface area contributed by atoms with E-state index in [2.05, 4.69) is 10.3 Å². The first kappa shape index (κ1) is 21.5. The third kappa shape index (κ3) is 5.90. The fraction of sp³-hybridized carbons (Fsp3) is 0.238. The molecular formula is C21H19F3N2OS2. The third-order valence-corrected chi connectivity index (χ3v) is 5.97. The first-order valence-corrected chi connectivity index (χ1v) is 11.1. The number of para-hydroxylation sites is 1. The van der Waals surface area contributed by atoms with Gasteiger partial charge in [-0.15, -0.1) is 23.5 Å². The van der Waals surface area contributed by atoms with Gasteiger partial charge in [0, 0.05) is 27.5 Å². The molecule has 0 saturated carbocycles. The summed E-state index contributed by atoms with van der Waals surface area (Å²) in [6, 6.07) is 15.6. The molecule has 0 unspecified atom stereocenters. The number of hydrogen-bond acceptors (Lipinski definition) is 4. The van der Waals surface area contributed by atoms with Gasteiger partial charge in [-0.2, -0.15) is 13.2 Å². The second-order valence-corrected chi connectivity index (χ2v) is 8.26. The van der Waals surface area contributed by atoms with Crippen molar-refractivity contribution in [2.45, 2.75) is 22.4 Å². The van der Waals surface area contributed by atoms with Crippen LogP contribution in [0.2, 0.25) is 0 Å². The highest BCUT2D eigenvalue weighted by Crippen LogP contribution is 2.34. The summed E-state index contributed by atoms with van der Waals surface area (Å²) in [4.78, 5) is 17.4. The molecule has 3 nitrogen and oxygen atoms in total. The lowest BCUT2D eigenvalue weighted by atomic mass is 10.1. The fourth-order valence-corrected chi connectivity index (χ4v) is 4.11. The second-order valence-electron chi connectivity index (χ2n) is 6.24. The number of pyridine rings is 1. The number of nitrogens with one attached hydrogen (secondary N) is 1. The Morgan fingerprint density at radius 2 is 1.83 bits per heavy atom. The number of nitrogens with zero attached hydrogens (tertiary/aromatic N) is 1. The molecule has 0 atom stereocenters. The van der Waals surface area contributed by atoms with Crippen LogP contribution in [0.3, 0.4) is 0 Å². The van der Waals surface area contributed by atoms with Gasteiger partial charge >= 0.3 is 6.18 Å². The van der Waals surface area contributed by atoms with Crippen molar-refractivity contribution in [2.75, 3.05) is 18.6 Å². The Bertz CT molecular complexity index is 991. The average molecular weight is 437 g/mol. The van der Waals surface area contributed by atoms with E-state index < -0.39 is 11.9 Å². The molecule has 29 heavy (non-hydrogen) atoms. The van der Waals surface area contributed by atoms with E-state index in [0.717, 1.165) is 16.5 Å². The van der Waals surface area contributed by atoms with E-state index in [1.54, 1.807) is 36.0 Å². The summed E-state index contributed by atoms with van der Waals surface area (Å²) in [5.41, 5.74) is 0.321. The largest absolute Gasteiger partial charge is 0.433 e. The molecule has 2 aromatic carbocycles. The van der Waals surface area contributed by atoms with Gasteiger partial charge in [0.1, 0.15) is 5.69 Å². The van der Waals surface area contributed by atoms with Crippen LogP contribution < -0.4 is 5.32 Å². The molecule has 1 heterocycles. The molecule has 1 amide bonds. The molecule has 3 rings (SSSR count). The maximum Gasteiger partial charge on any atom is 0.433 e. The molecule has 0 aliphatic heterocycles. The van der Waals surface area contributed by atoms with E-state index in [0.29, 0.717) is 28.1 Å². The van der Waals surface area contributed by atoms with Crippen LogP contribution in [0.15, 0.2) is 64.4 Å². The van der Waals surface area contributed by atoms with Crippen LogP contribution in [-0.2, 0) is 17.4 Å². The zero-order valence-electron chi connectivity index (χ0n) is 15.6. The first-order chi connectivity index (χ1) is 13.9. The number of carbonyl (C=O) groups excluding carboxylic acids is 1. The summed E-state index contributed by atoms with van der Waals surface area (Å²) in [6.07, 6.45) is -2.24. The van der Waals surface area contributed by atoms with Crippen molar-refractivity contribution in [3.63, 3.8) is 0 Å². The van der Waals surface area contributed by atoms with Gasteiger partial charge < -0.3 is 5.32 Å². The number of alkyl halides is 3.